The van der Waals surface area contributed by atoms with Crippen molar-refractivity contribution in [3.05, 3.63) is 64.2 Å². The van der Waals surface area contributed by atoms with Gasteiger partial charge in [-0.15, -0.1) is 0 Å². The van der Waals surface area contributed by atoms with Crippen LogP contribution in [0, 0.1) is 18.6 Å². The molecule has 2 aromatic rings. The van der Waals surface area contributed by atoms with E-state index in [1.807, 2.05) is 6.92 Å². The lowest BCUT2D eigenvalue weighted by atomic mass is 10.1. The summed E-state index contributed by atoms with van der Waals surface area (Å²) in [4.78, 5) is 11.9. The van der Waals surface area contributed by atoms with Crippen molar-refractivity contribution in [1.29, 1.82) is 0 Å². The van der Waals surface area contributed by atoms with E-state index in [0.717, 1.165) is 11.6 Å². The van der Waals surface area contributed by atoms with Gasteiger partial charge in [0.1, 0.15) is 11.6 Å². The second kappa shape index (κ2) is 5.36. The predicted octanol–water partition coefficient (Wildman–Crippen LogP) is 4.18. The minimum absolute atomic E-state index is 0.0805. The van der Waals surface area contributed by atoms with Crippen molar-refractivity contribution in [1.82, 2.24) is 0 Å². The molecular weight excluding hydrogens is 272 g/mol. The molecule has 0 atom stereocenters. The Morgan fingerprint density at radius 3 is 2.53 bits per heavy atom. The van der Waals surface area contributed by atoms with Crippen LogP contribution in [0.25, 0.3) is 0 Å². The highest BCUT2D eigenvalue weighted by Crippen LogP contribution is 2.19. The molecule has 19 heavy (non-hydrogen) atoms. The van der Waals surface area contributed by atoms with Crippen molar-refractivity contribution in [3.63, 3.8) is 0 Å². The Bertz CT molecular complexity index is 643. The zero-order valence-corrected chi connectivity index (χ0v) is 10.8. The SMILES string of the molecule is Cc1ccc(C(=O)Nc2ccc(F)cc2F)cc1Cl. The minimum Gasteiger partial charge on any atom is -0.319 e. The minimum atomic E-state index is -0.827. The van der Waals surface area contributed by atoms with Crippen LogP contribution in [0.4, 0.5) is 14.5 Å². The Labute approximate surface area is 114 Å². The van der Waals surface area contributed by atoms with Gasteiger partial charge in [0.05, 0.1) is 5.69 Å². The van der Waals surface area contributed by atoms with Crippen LogP contribution in [0.5, 0.6) is 0 Å². The van der Waals surface area contributed by atoms with E-state index >= 15 is 0 Å². The average molecular weight is 282 g/mol. The number of anilines is 1. The molecular formula is C14H10ClF2NO. The maximum Gasteiger partial charge on any atom is 0.255 e. The number of nitrogens with one attached hydrogen (secondary N) is 1. The number of carbonyl (C=O) groups is 1. The number of rotatable bonds is 2. The molecule has 2 nitrogen and oxygen atoms in total. The Kier molecular flexibility index (Phi) is 3.81. The lowest BCUT2D eigenvalue weighted by molar-refractivity contribution is 0.102. The fraction of sp³-hybridized carbons (Fsp3) is 0.0714. The van der Waals surface area contributed by atoms with Gasteiger partial charge in [0.2, 0.25) is 0 Å². The molecule has 0 bridgehead atoms. The third kappa shape index (κ3) is 3.09. The van der Waals surface area contributed by atoms with Gasteiger partial charge in [-0.25, -0.2) is 8.78 Å². The standard InChI is InChI=1S/C14H10ClF2NO/c1-8-2-3-9(6-11(8)15)14(19)18-13-5-4-10(16)7-12(13)17/h2-7H,1H3,(H,18,19). The van der Waals surface area contributed by atoms with Gasteiger partial charge in [-0.05, 0) is 36.8 Å². The monoisotopic (exact) mass is 281 g/mol. The van der Waals surface area contributed by atoms with E-state index in [1.54, 1.807) is 12.1 Å². The zero-order chi connectivity index (χ0) is 14.0. The van der Waals surface area contributed by atoms with Crippen LogP contribution in [0.1, 0.15) is 15.9 Å². The van der Waals surface area contributed by atoms with Gasteiger partial charge in [-0.1, -0.05) is 17.7 Å². The molecule has 0 fully saturated rings. The third-order valence-corrected chi connectivity index (χ3v) is 3.02. The van der Waals surface area contributed by atoms with E-state index < -0.39 is 17.5 Å². The Morgan fingerprint density at radius 2 is 1.89 bits per heavy atom. The third-order valence-electron chi connectivity index (χ3n) is 2.61. The number of amides is 1. The highest BCUT2D eigenvalue weighted by atomic mass is 35.5. The Balaban J connectivity index is 2.23. The van der Waals surface area contributed by atoms with Crippen molar-refractivity contribution in [2.45, 2.75) is 6.92 Å². The summed E-state index contributed by atoms with van der Waals surface area (Å²) in [6.45, 7) is 1.81. The molecule has 0 spiro atoms. The van der Waals surface area contributed by atoms with Crippen molar-refractivity contribution < 1.29 is 13.6 Å². The van der Waals surface area contributed by atoms with Crippen LogP contribution in [0.2, 0.25) is 5.02 Å². The van der Waals surface area contributed by atoms with Gasteiger partial charge in [0.15, 0.2) is 0 Å². The average Bonchev–Trinajstić information content (AvgIpc) is 2.36. The van der Waals surface area contributed by atoms with Gasteiger partial charge in [-0.3, -0.25) is 4.79 Å². The number of halogens is 3. The summed E-state index contributed by atoms with van der Waals surface area (Å²) in [6.07, 6.45) is 0. The van der Waals surface area contributed by atoms with Crippen molar-refractivity contribution >= 4 is 23.2 Å². The summed E-state index contributed by atoms with van der Waals surface area (Å²) in [7, 11) is 0. The summed E-state index contributed by atoms with van der Waals surface area (Å²) < 4.78 is 26.1. The molecule has 2 aromatic carbocycles. The molecule has 2 rings (SSSR count). The van der Waals surface area contributed by atoms with Crippen molar-refractivity contribution in [2.24, 2.45) is 0 Å². The number of hydrogen-bond donors (Lipinski definition) is 1. The molecule has 0 aliphatic carbocycles. The normalized spacial score (nSPS) is 10.3. The van der Waals surface area contributed by atoms with E-state index in [1.165, 1.54) is 12.1 Å². The number of hydrogen-bond acceptors (Lipinski definition) is 1. The first kappa shape index (κ1) is 13.5. The first-order valence-corrected chi connectivity index (χ1v) is 5.88. The van der Waals surface area contributed by atoms with E-state index in [-0.39, 0.29) is 5.69 Å². The van der Waals surface area contributed by atoms with Crippen molar-refractivity contribution in [2.75, 3.05) is 5.32 Å². The van der Waals surface area contributed by atoms with Crippen molar-refractivity contribution in [3.8, 4) is 0 Å². The largest absolute Gasteiger partial charge is 0.319 e. The van der Waals surface area contributed by atoms with Gasteiger partial charge in [-0.2, -0.15) is 0 Å². The van der Waals surface area contributed by atoms with Crippen LogP contribution in [-0.2, 0) is 0 Å². The molecule has 0 unspecified atom stereocenters. The highest BCUT2D eigenvalue weighted by Gasteiger charge is 2.11. The zero-order valence-electron chi connectivity index (χ0n) is 10.0. The Morgan fingerprint density at radius 1 is 1.16 bits per heavy atom. The Hall–Kier alpha value is -1.94. The maximum atomic E-state index is 13.4. The molecule has 0 heterocycles. The lowest BCUT2D eigenvalue weighted by Gasteiger charge is -2.07. The predicted molar refractivity (Wildman–Crippen MR) is 70.5 cm³/mol. The fourth-order valence-corrected chi connectivity index (χ4v) is 1.70. The highest BCUT2D eigenvalue weighted by molar-refractivity contribution is 6.31. The first-order chi connectivity index (χ1) is 8.97. The van der Waals surface area contributed by atoms with Crippen LogP contribution in [0.3, 0.4) is 0 Å². The second-order valence-corrected chi connectivity index (χ2v) is 4.45. The van der Waals surface area contributed by atoms with Gasteiger partial charge in [0.25, 0.3) is 5.91 Å². The molecule has 0 radical (unpaired) electrons. The summed E-state index contributed by atoms with van der Waals surface area (Å²) in [5, 5.41) is 2.81. The maximum absolute atomic E-state index is 13.4. The molecule has 0 saturated heterocycles. The number of aryl methyl sites for hydroxylation is 1. The summed E-state index contributed by atoms with van der Waals surface area (Å²) >= 11 is 5.91. The smallest absolute Gasteiger partial charge is 0.255 e. The topological polar surface area (TPSA) is 29.1 Å². The van der Waals surface area contributed by atoms with Gasteiger partial charge >= 0.3 is 0 Å². The summed E-state index contributed by atoms with van der Waals surface area (Å²) in [5.74, 6) is -2.03. The van der Waals surface area contributed by atoms with E-state index in [4.69, 9.17) is 11.6 Å². The van der Waals surface area contributed by atoms with E-state index in [2.05, 4.69) is 5.32 Å². The van der Waals surface area contributed by atoms with Crippen LogP contribution in [0.15, 0.2) is 36.4 Å². The van der Waals surface area contributed by atoms with Crippen LogP contribution < -0.4 is 5.32 Å². The van der Waals surface area contributed by atoms with Gasteiger partial charge in [0, 0.05) is 16.7 Å². The number of carbonyl (C=O) groups excluding carboxylic acids is 1. The molecule has 1 amide bonds. The van der Waals surface area contributed by atoms with Crippen LogP contribution in [-0.4, -0.2) is 5.91 Å². The molecule has 5 heteroatoms. The molecule has 98 valence electrons. The number of benzene rings is 2. The van der Waals surface area contributed by atoms with Gasteiger partial charge < -0.3 is 5.32 Å². The molecule has 0 aromatic heterocycles. The lowest BCUT2D eigenvalue weighted by Crippen LogP contribution is -2.13. The van der Waals surface area contributed by atoms with E-state index in [9.17, 15) is 13.6 Å². The summed E-state index contributed by atoms with van der Waals surface area (Å²) in [6, 6.07) is 7.71. The molecule has 0 aliphatic heterocycles. The van der Waals surface area contributed by atoms with Crippen LogP contribution >= 0.6 is 11.6 Å². The molecule has 0 aliphatic rings. The molecule has 1 N–H and O–H groups in total. The second-order valence-electron chi connectivity index (χ2n) is 4.04. The molecule has 0 saturated carbocycles. The van der Waals surface area contributed by atoms with E-state index in [0.29, 0.717) is 16.7 Å². The fourth-order valence-electron chi connectivity index (χ4n) is 1.52. The quantitative estimate of drug-likeness (QED) is 0.879. The first-order valence-electron chi connectivity index (χ1n) is 5.50. The summed E-state index contributed by atoms with van der Waals surface area (Å²) in [5.41, 5.74) is 1.06.